The zero-order valence-corrected chi connectivity index (χ0v) is 13.5. The van der Waals surface area contributed by atoms with Gasteiger partial charge in [-0.25, -0.2) is 4.98 Å². The molecule has 1 aliphatic heterocycles. The van der Waals surface area contributed by atoms with Crippen LogP contribution in [0.3, 0.4) is 0 Å². The summed E-state index contributed by atoms with van der Waals surface area (Å²) in [6.45, 7) is 3.96. The molecule has 0 amide bonds. The number of nitrogens with zero attached hydrogens (tertiary/aromatic N) is 3. The van der Waals surface area contributed by atoms with E-state index in [9.17, 15) is 9.90 Å². The molecule has 0 saturated carbocycles. The van der Waals surface area contributed by atoms with E-state index in [1.807, 2.05) is 13.0 Å². The molecule has 1 aliphatic rings. The van der Waals surface area contributed by atoms with Gasteiger partial charge in [-0.1, -0.05) is 0 Å². The van der Waals surface area contributed by atoms with Crippen molar-refractivity contribution < 1.29 is 5.11 Å². The molecule has 0 radical (unpaired) electrons. The topological polar surface area (TPSA) is 97.9 Å². The summed E-state index contributed by atoms with van der Waals surface area (Å²) in [4.78, 5) is 22.9. The van der Waals surface area contributed by atoms with Gasteiger partial charge in [-0.2, -0.15) is 5.10 Å². The van der Waals surface area contributed by atoms with Crippen LogP contribution in [-0.4, -0.2) is 49.4 Å². The summed E-state index contributed by atoms with van der Waals surface area (Å²) in [5.74, 6) is 0.643. The molecular weight excluding hydrogens is 314 g/mol. The van der Waals surface area contributed by atoms with Gasteiger partial charge in [-0.3, -0.25) is 14.8 Å². The molecule has 4 heterocycles. The van der Waals surface area contributed by atoms with Crippen LogP contribution in [0.25, 0.3) is 20.7 Å². The number of thiophene rings is 1. The number of nitrogens with one attached hydrogen (secondary N) is 2. The third-order valence-corrected chi connectivity index (χ3v) is 5.30. The largest absolute Gasteiger partial charge is 0.392 e. The molecule has 1 fully saturated rings. The zero-order valence-electron chi connectivity index (χ0n) is 12.7. The van der Waals surface area contributed by atoms with Crippen LogP contribution in [0.1, 0.15) is 17.9 Å². The Morgan fingerprint density at radius 1 is 1.52 bits per heavy atom. The van der Waals surface area contributed by atoms with Crippen molar-refractivity contribution in [3.63, 3.8) is 0 Å². The third kappa shape index (κ3) is 2.69. The highest BCUT2D eigenvalue weighted by atomic mass is 32.1. The van der Waals surface area contributed by atoms with Crippen LogP contribution in [0.4, 0.5) is 0 Å². The van der Waals surface area contributed by atoms with E-state index in [-0.39, 0.29) is 11.7 Å². The quantitative estimate of drug-likeness (QED) is 0.671. The zero-order chi connectivity index (χ0) is 16.0. The number of aromatic nitrogens is 4. The summed E-state index contributed by atoms with van der Waals surface area (Å²) < 4.78 is 0.630. The van der Waals surface area contributed by atoms with Gasteiger partial charge in [0.1, 0.15) is 10.5 Å². The Hall–Kier alpha value is -2.03. The Morgan fingerprint density at radius 2 is 2.39 bits per heavy atom. The molecule has 120 valence electrons. The highest BCUT2D eigenvalue weighted by Crippen LogP contribution is 2.32. The number of hydrogen-bond acceptors (Lipinski definition) is 6. The molecule has 1 saturated heterocycles. The first-order valence-electron chi connectivity index (χ1n) is 7.53. The summed E-state index contributed by atoms with van der Waals surface area (Å²) in [7, 11) is 0. The number of hydrogen-bond donors (Lipinski definition) is 3. The van der Waals surface area contributed by atoms with E-state index < -0.39 is 0 Å². The Bertz CT molecular complexity index is 912. The first-order valence-corrected chi connectivity index (χ1v) is 8.35. The fraction of sp³-hybridized carbons (Fsp3) is 0.400. The summed E-state index contributed by atoms with van der Waals surface area (Å²) in [5, 5.41) is 16.5. The normalized spacial score (nSPS) is 19.0. The minimum absolute atomic E-state index is 0.109. The van der Waals surface area contributed by atoms with E-state index in [1.165, 1.54) is 11.3 Å². The van der Waals surface area contributed by atoms with Crippen LogP contribution in [-0.2, 0) is 6.54 Å². The highest BCUT2D eigenvalue weighted by molar-refractivity contribution is 7.22. The molecule has 0 aromatic carbocycles. The number of aromatic amines is 2. The maximum absolute atomic E-state index is 12.3. The number of rotatable bonds is 3. The molecule has 4 rings (SSSR count). The van der Waals surface area contributed by atoms with Gasteiger partial charge in [-0.05, 0) is 19.4 Å². The first-order chi connectivity index (χ1) is 11.1. The number of likely N-dealkylation sites (tertiary alicyclic amines) is 1. The SMILES string of the molecule is Cc1[nH]ncc1-c1cc2nc(CN3CC[C@H](O)C3)[nH]c(=O)c2s1. The van der Waals surface area contributed by atoms with E-state index in [0.29, 0.717) is 29.1 Å². The van der Waals surface area contributed by atoms with Crippen LogP contribution in [0.5, 0.6) is 0 Å². The number of β-amino-alcohol motifs (C(OH)–C–C–N with tert-alkyl or cyclic N) is 1. The first kappa shape index (κ1) is 14.6. The Labute approximate surface area is 136 Å². The van der Waals surface area contributed by atoms with Gasteiger partial charge in [0, 0.05) is 29.2 Å². The van der Waals surface area contributed by atoms with Crippen molar-refractivity contribution in [3.05, 3.63) is 34.1 Å². The van der Waals surface area contributed by atoms with E-state index in [0.717, 1.165) is 29.1 Å². The van der Waals surface area contributed by atoms with Gasteiger partial charge in [-0.15, -0.1) is 11.3 Å². The lowest BCUT2D eigenvalue weighted by atomic mass is 10.2. The van der Waals surface area contributed by atoms with Gasteiger partial charge in [0.15, 0.2) is 0 Å². The van der Waals surface area contributed by atoms with Crippen molar-refractivity contribution in [2.75, 3.05) is 13.1 Å². The molecule has 0 aliphatic carbocycles. The predicted molar refractivity (Wildman–Crippen MR) is 88.5 cm³/mol. The van der Waals surface area contributed by atoms with Crippen molar-refractivity contribution in [1.82, 2.24) is 25.1 Å². The third-order valence-electron chi connectivity index (χ3n) is 4.15. The van der Waals surface area contributed by atoms with Crippen molar-refractivity contribution in [3.8, 4) is 10.4 Å². The van der Waals surface area contributed by atoms with Crippen LogP contribution >= 0.6 is 11.3 Å². The molecule has 23 heavy (non-hydrogen) atoms. The van der Waals surface area contributed by atoms with Gasteiger partial charge in [0.25, 0.3) is 5.56 Å². The number of fused-ring (bicyclic) bond motifs is 1. The molecule has 0 unspecified atom stereocenters. The van der Waals surface area contributed by atoms with Crippen molar-refractivity contribution in [1.29, 1.82) is 0 Å². The maximum Gasteiger partial charge on any atom is 0.268 e. The van der Waals surface area contributed by atoms with E-state index in [4.69, 9.17) is 0 Å². The maximum atomic E-state index is 12.3. The smallest absolute Gasteiger partial charge is 0.268 e. The summed E-state index contributed by atoms with van der Waals surface area (Å²) in [6.07, 6.45) is 2.26. The molecule has 0 spiro atoms. The van der Waals surface area contributed by atoms with E-state index in [2.05, 4.69) is 25.1 Å². The van der Waals surface area contributed by atoms with Gasteiger partial charge in [0.2, 0.25) is 0 Å². The number of aryl methyl sites for hydroxylation is 1. The van der Waals surface area contributed by atoms with Crippen LogP contribution in [0.2, 0.25) is 0 Å². The molecule has 0 bridgehead atoms. The Balaban J connectivity index is 1.70. The van der Waals surface area contributed by atoms with Crippen molar-refractivity contribution in [2.24, 2.45) is 0 Å². The molecule has 8 heteroatoms. The lowest BCUT2D eigenvalue weighted by Crippen LogP contribution is -2.24. The second-order valence-corrected chi connectivity index (χ2v) is 6.98. The second-order valence-electron chi connectivity index (χ2n) is 5.92. The van der Waals surface area contributed by atoms with Gasteiger partial charge >= 0.3 is 0 Å². The number of aliphatic hydroxyl groups is 1. The predicted octanol–water partition coefficient (Wildman–Crippen LogP) is 1.25. The van der Waals surface area contributed by atoms with Crippen molar-refractivity contribution >= 4 is 21.6 Å². The molecule has 7 nitrogen and oxygen atoms in total. The summed E-state index contributed by atoms with van der Waals surface area (Å²) in [5.41, 5.74) is 2.57. The summed E-state index contributed by atoms with van der Waals surface area (Å²) >= 11 is 1.43. The minimum atomic E-state index is -0.276. The lowest BCUT2D eigenvalue weighted by Gasteiger charge is -2.13. The average molecular weight is 331 g/mol. The fourth-order valence-corrected chi connectivity index (χ4v) is 4.02. The van der Waals surface area contributed by atoms with Crippen molar-refractivity contribution in [2.45, 2.75) is 26.0 Å². The second kappa shape index (κ2) is 5.55. The average Bonchev–Trinajstić information content (AvgIpc) is 3.19. The van der Waals surface area contributed by atoms with Crippen LogP contribution < -0.4 is 5.56 Å². The molecule has 1 atom stereocenters. The molecular formula is C15H17N5O2S. The van der Waals surface area contributed by atoms with Crippen LogP contribution in [0.15, 0.2) is 17.1 Å². The molecule has 3 aromatic heterocycles. The van der Waals surface area contributed by atoms with E-state index in [1.54, 1.807) is 6.20 Å². The standard InChI is InChI=1S/C15H17N5O2S/c1-8-10(5-16-19-8)12-4-11-14(23-12)15(22)18-13(17-11)7-20-3-2-9(21)6-20/h4-5,9,21H,2-3,6-7H2,1H3,(H,16,19)(H,17,18,22)/t9-/m0/s1. The minimum Gasteiger partial charge on any atom is -0.392 e. The Morgan fingerprint density at radius 3 is 3.09 bits per heavy atom. The van der Waals surface area contributed by atoms with Crippen LogP contribution in [0, 0.1) is 6.92 Å². The monoisotopic (exact) mass is 331 g/mol. The fourth-order valence-electron chi connectivity index (χ4n) is 2.96. The lowest BCUT2D eigenvalue weighted by molar-refractivity contribution is 0.174. The van der Waals surface area contributed by atoms with Gasteiger partial charge < -0.3 is 10.1 Å². The highest BCUT2D eigenvalue weighted by Gasteiger charge is 2.21. The van der Waals surface area contributed by atoms with Gasteiger partial charge in [0.05, 0.1) is 24.4 Å². The summed E-state index contributed by atoms with van der Waals surface area (Å²) in [6, 6.07) is 1.94. The Kier molecular flexibility index (Phi) is 3.51. The number of H-pyrrole nitrogens is 2. The molecule has 3 N–H and O–H groups in total. The van der Waals surface area contributed by atoms with E-state index >= 15 is 0 Å². The molecule has 3 aromatic rings. The number of aliphatic hydroxyl groups excluding tert-OH is 1.